The molecule has 0 amide bonds. The van der Waals surface area contributed by atoms with Gasteiger partial charge in [-0.15, -0.1) is 0 Å². The third-order valence-corrected chi connectivity index (χ3v) is 4.34. The SMILES string of the molecule is OCC1(Cc2ccc(F)cc2)CCOC1C1CC1. The van der Waals surface area contributed by atoms with E-state index in [1.807, 2.05) is 12.1 Å². The minimum atomic E-state index is -0.210. The van der Waals surface area contributed by atoms with Gasteiger partial charge in [0, 0.05) is 12.0 Å². The highest BCUT2D eigenvalue weighted by Gasteiger charge is 2.50. The van der Waals surface area contributed by atoms with Crippen LogP contribution in [-0.4, -0.2) is 24.4 Å². The Morgan fingerprint density at radius 2 is 2.00 bits per heavy atom. The van der Waals surface area contributed by atoms with Gasteiger partial charge in [-0.25, -0.2) is 4.39 Å². The van der Waals surface area contributed by atoms with Crippen LogP contribution in [0.15, 0.2) is 24.3 Å². The highest BCUT2D eigenvalue weighted by atomic mass is 19.1. The molecule has 1 aliphatic heterocycles. The van der Waals surface area contributed by atoms with Gasteiger partial charge in [-0.2, -0.15) is 0 Å². The number of benzene rings is 1. The van der Waals surface area contributed by atoms with E-state index in [1.54, 1.807) is 0 Å². The van der Waals surface area contributed by atoms with Crippen molar-refractivity contribution in [2.45, 2.75) is 31.8 Å². The molecule has 2 nitrogen and oxygen atoms in total. The molecule has 0 radical (unpaired) electrons. The molecule has 1 saturated carbocycles. The number of halogens is 1. The lowest BCUT2D eigenvalue weighted by Gasteiger charge is -2.32. The maximum atomic E-state index is 12.9. The second-order valence-corrected chi connectivity index (χ2v) is 5.70. The lowest BCUT2D eigenvalue weighted by Crippen LogP contribution is -2.38. The Balaban J connectivity index is 1.80. The molecule has 1 aromatic carbocycles. The second-order valence-electron chi connectivity index (χ2n) is 5.70. The molecule has 2 atom stereocenters. The van der Waals surface area contributed by atoms with E-state index >= 15 is 0 Å². The first-order valence-electron chi connectivity index (χ1n) is 6.70. The molecule has 1 saturated heterocycles. The first-order chi connectivity index (χ1) is 8.73. The van der Waals surface area contributed by atoms with Crippen molar-refractivity contribution in [3.8, 4) is 0 Å². The van der Waals surface area contributed by atoms with Crippen LogP contribution in [-0.2, 0) is 11.2 Å². The topological polar surface area (TPSA) is 29.5 Å². The minimum absolute atomic E-state index is 0.154. The Bertz CT molecular complexity index is 413. The van der Waals surface area contributed by atoms with Crippen molar-refractivity contribution in [3.05, 3.63) is 35.6 Å². The molecule has 1 aromatic rings. The van der Waals surface area contributed by atoms with Crippen molar-refractivity contribution in [2.75, 3.05) is 13.2 Å². The van der Waals surface area contributed by atoms with E-state index in [9.17, 15) is 9.50 Å². The van der Waals surface area contributed by atoms with Crippen molar-refractivity contribution in [3.63, 3.8) is 0 Å². The van der Waals surface area contributed by atoms with E-state index < -0.39 is 0 Å². The van der Waals surface area contributed by atoms with Gasteiger partial charge in [-0.3, -0.25) is 0 Å². The molecule has 18 heavy (non-hydrogen) atoms. The maximum Gasteiger partial charge on any atom is 0.123 e. The fraction of sp³-hybridized carbons (Fsp3) is 0.600. The van der Waals surface area contributed by atoms with Crippen LogP contribution in [0.3, 0.4) is 0 Å². The van der Waals surface area contributed by atoms with Gasteiger partial charge in [0.15, 0.2) is 0 Å². The Labute approximate surface area is 107 Å². The average molecular weight is 250 g/mol. The molecule has 1 aliphatic carbocycles. The van der Waals surface area contributed by atoms with Gasteiger partial charge in [-0.05, 0) is 49.3 Å². The molecule has 2 fully saturated rings. The number of hydrogen-bond donors (Lipinski definition) is 1. The van der Waals surface area contributed by atoms with E-state index in [2.05, 4.69) is 0 Å². The molecule has 2 aliphatic rings. The van der Waals surface area contributed by atoms with Crippen molar-refractivity contribution >= 4 is 0 Å². The molecular formula is C15H19FO2. The van der Waals surface area contributed by atoms with E-state index in [1.165, 1.54) is 25.0 Å². The summed E-state index contributed by atoms with van der Waals surface area (Å²) in [6, 6.07) is 6.61. The summed E-state index contributed by atoms with van der Waals surface area (Å²) in [7, 11) is 0. The van der Waals surface area contributed by atoms with Crippen LogP contribution >= 0.6 is 0 Å². The van der Waals surface area contributed by atoms with E-state index in [4.69, 9.17) is 4.74 Å². The molecule has 3 heteroatoms. The predicted octanol–water partition coefficient (Wildman–Crippen LogP) is 2.55. The molecule has 2 unspecified atom stereocenters. The largest absolute Gasteiger partial charge is 0.396 e. The van der Waals surface area contributed by atoms with Gasteiger partial charge < -0.3 is 9.84 Å². The maximum absolute atomic E-state index is 12.9. The van der Waals surface area contributed by atoms with Crippen LogP contribution in [0.5, 0.6) is 0 Å². The van der Waals surface area contributed by atoms with Gasteiger partial charge in [0.2, 0.25) is 0 Å². The molecule has 1 heterocycles. The van der Waals surface area contributed by atoms with Crippen LogP contribution in [0.1, 0.15) is 24.8 Å². The fourth-order valence-electron chi connectivity index (χ4n) is 3.17. The lowest BCUT2D eigenvalue weighted by molar-refractivity contribution is 0.000581. The van der Waals surface area contributed by atoms with Crippen LogP contribution in [0.25, 0.3) is 0 Å². The molecule has 1 N–H and O–H groups in total. The third-order valence-electron chi connectivity index (χ3n) is 4.34. The minimum Gasteiger partial charge on any atom is -0.396 e. The standard InChI is InChI=1S/C15H19FO2/c16-13-5-1-11(2-6-13)9-15(10-17)7-8-18-14(15)12-3-4-12/h1-2,5-6,12,14,17H,3-4,7-10H2. The van der Waals surface area contributed by atoms with Gasteiger partial charge in [0.1, 0.15) is 5.82 Å². The van der Waals surface area contributed by atoms with Crippen molar-refractivity contribution in [1.82, 2.24) is 0 Å². The van der Waals surface area contributed by atoms with Gasteiger partial charge in [0.25, 0.3) is 0 Å². The third kappa shape index (κ3) is 2.17. The molecule has 3 rings (SSSR count). The zero-order chi connectivity index (χ0) is 12.6. The fourth-order valence-corrected chi connectivity index (χ4v) is 3.17. The molecular weight excluding hydrogens is 231 g/mol. The summed E-state index contributed by atoms with van der Waals surface area (Å²) in [5, 5.41) is 9.83. The first kappa shape index (κ1) is 12.1. The van der Waals surface area contributed by atoms with Gasteiger partial charge >= 0.3 is 0 Å². The number of hydrogen-bond acceptors (Lipinski definition) is 2. The van der Waals surface area contributed by atoms with Crippen LogP contribution < -0.4 is 0 Å². The normalized spacial score (nSPS) is 31.8. The van der Waals surface area contributed by atoms with Crippen molar-refractivity contribution < 1.29 is 14.2 Å². The Morgan fingerprint density at radius 3 is 2.61 bits per heavy atom. The Hall–Kier alpha value is -0.930. The number of aliphatic hydroxyl groups excluding tert-OH is 1. The highest BCUT2D eigenvalue weighted by molar-refractivity contribution is 5.19. The summed E-state index contributed by atoms with van der Waals surface area (Å²) in [6.07, 6.45) is 4.31. The average Bonchev–Trinajstić information content (AvgIpc) is 3.14. The Kier molecular flexibility index (Phi) is 3.12. The smallest absolute Gasteiger partial charge is 0.123 e. The Morgan fingerprint density at radius 1 is 1.28 bits per heavy atom. The monoisotopic (exact) mass is 250 g/mol. The zero-order valence-corrected chi connectivity index (χ0v) is 10.4. The van der Waals surface area contributed by atoms with Gasteiger partial charge in [0.05, 0.1) is 12.7 Å². The molecule has 0 aromatic heterocycles. The summed E-state index contributed by atoms with van der Waals surface area (Å²) < 4.78 is 18.8. The number of rotatable bonds is 4. The summed E-state index contributed by atoms with van der Waals surface area (Å²) in [5.41, 5.74) is 0.931. The number of ether oxygens (including phenoxy) is 1. The summed E-state index contributed by atoms with van der Waals surface area (Å²) >= 11 is 0. The molecule has 0 bridgehead atoms. The lowest BCUT2D eigenvalue weighted by atomic mass is 9.75. The number of aliphatic hydroxyl groups is 1. The molecule has 98 valence electrons. The summed E-state index contributed by atoms with van der Waals surface area (Å²) in [6.45, 7) is 0.897. The molecule has 0 spiro atoms. The first-order valence-corrected chi connectivity index (χ1v) is 6.70. The summed E-state index contributed by atoms with van der Waals surface area (Å²) in [4.78, 5) is 0. The van der Waals surface area contributed by atoms with Crippen LogP contribution in [0.2, 0.25) is 0 Å². The highest BCUT2D eigenvalue weighted by Crippen LogP contribution is 2.49. The quantitative estimate of drug-likeness (QED) is 0.890. The van der Waals surface area contributed by atoms with Crippen molar-refractivity contribution in [1.29, 1.82) is 0 Å². The van der Waals surface area contributed by atoms with Crippen LogP contribution in [0.4, 0.5) is 4.39 Å². The second kappa shape index (κ2) is 4.63. The van der Waals surface area contributed by atoms with Gasteiger partial charge in [-0.1, -0.05) is 12.1 Å². The van der Waals surface area contributed by atoms with E-state index in [0.29, 0.717) is 5.92 Å². The predicted molar refractivity (Wildman–Crippen MR) is 66.7 cm³/mol. The summed E-state index contributed by atoms with van der Waals surface area (Å²) in [5.74, 6) is 0.415. The van der Waals surface area contributed by atoms with Crippen LogP contribution in [0, 0.1) is 17.2 Å². The zero-order valence-electron chi connectivity index (χ0n) is 10.4. The van der Waals surface area contributed by atoms with E-state index in [-0.39, 0.29) is 23.9 Å². The van der Waals surface area contributed by atoms with E-state index in [0.717, 1.165) is 25.0 Å². The van der Waals surface area contributed by atoms with Crippen molar-refractivity contribution in [2.24, 2.45) is 11.3 Å².